The molecule has 1 amide bonds. The summed E-state index contributed by atoms with van der Waals surface area (Å²) in [7, 11) is 0. The van der Waals surface area contributed by atoms with Gasteiger partial charge in [-0.15, -0.1) is 0 Å². The van der Waals surface area contributed by atoms with Gasteiger partial charge in [-0.2, -0.15) is 5.26 Å². The Kier molecular flexibility index (Phi) is 6.51. The number of nitrogens with zero attached hydrogens (tertiary/aromatic N) is 3. The van der Waals surface area contributed by atoms with Gasteiger partial charge in [0.25, 0.3) is 5.91 Å². The molecule has 0 aliphatic carbocycles. The van der Waals surface area contributed by atoms with Crippen molar-refractivity contribution in [1.82, 2.24) is 9.88 Å². The van der Waals surface area contributed by atoms with Gasteiger partial charge in [-0.05, 0) is 32.4 Å². The van der Waals surface area contributed by atoms with E-state index in [2.05, 4.69) is 23.3 Å². The summed E-state index contributed by atoms with van der Waals surface area (Å²) in [6, 6.07) is 7.52. The molecule has 0 saturated carbocycles. The standard InChI is InChI=1S/C15H22N4O/c1-4-9-17-14-8-6-7-13(18-14)15(20)19(5-2)11-12(3)10-16/h6-8,12H,4-5,9,11H2,1-3H3,(H,17,18). The van der Waals surface area contributed by atoms with Gasteiger partial charge in [0.2, 0.25) is 0 Å². The van der Waals surface area contributed by atoms with Crippen molar-refractivity contribution in [2.45, 2.75) is 27.2 Å². The van der Waals surface area contributed by atoms with Crippen LogP contribution in [0, 0.1) is 17.2 Å². The number of anilines is 1. The second-order valence-electron chi connectivity index (χ2n) is 4.71. The third-order valence-corrected chi connectivity index (χ3v) is 2.91. The van der Waals surface area contributed by atoms with E-state index >= 15 is 0 Å². The fraction of sp³-hybridized carbons (Fsp3) is 0.533. The number of pyridine rings is 1. The normalized spacial score (nSPS) is 11.5. The first-order valence-corrected chi connectivity index (χ1v) is 7.02. The average Bonchev–Trinajstić information content (AvgIpc) is 2.49. The smallest absolute Gasteiger partial charge is 0.272 e. The molecular formula is C15H22N4O. The fourth-order valence-corrected chi connectivity index (χ4v) is 1.79. The van der Waals surface area contributed by atoms with E-state index in [0.717, 1.165) is 13.0 Å². The molecule has 5 heteroatoms. The van der Waals surface area contributed by atoms with Crippen molar-refractivity contribution in [3.63, 3.8) is 0 Å². The van der Waals surface area contributed by atoms with Crippen molar-refractivity contribution in [3.8, 4) is 6.07 Å². The number of aromatic nitrogens is 1. The van der Waals surface area contributed by atoms with Gasteiger partial charge >= 0.3 is 0 Å². The Hall–Kier alpha value is -2.09. The summed E-state index contributed by atoms with van der Waals surface area (Å²) >= 11 is 0. The van der Waals surface area contributed by atoms with Crippen molar-refractivity contribution in [1.29, 1.82) is 5.26 Å². The second-order valence-corrected chi connectivity index (χ2v) is 4.71. The largest absolute Gasteiger partial charge is 0.370 e. The quantitative estimate of drug-likeness (QED) is 0.829. The van der Waals surface area contributed by atoms with Crippen LogP contribution in [0.1, 0.15) is 37.7 Å². The minimum Gasteiger partial charge on any atom is -0.370 e. The molecule has 108 valence electrons. The third kappa shape index (κ3) is 4.54. The highest BCUT2D eigenvalue weighted by Gasteiger charge is 2.18. The summed E-state index contributed by atoms with van der Waals surface area (Å²) in [5.74, 6) is 0.400. The molecule has 0 saturated heterocycles. The Labute approximate surface area is 120 Å². The Bertz CT molecular complexity index is 481. The number of rotatable bonds is 7. The van der Waals surface area contributed by atoms with E-state index in [1.165, 1.54) is 0 Å². The van der Waals surface area contributed by atoms with Crippen molar-refractivity contribution in [3.05, 3.63) is 23.9 Å². The molecule has 0 aliphatic rings. The van der Waals surface area contributed by atoms with Crippen LogP contribution < -0.4 is 5.32 Å². The average molecular weight is 274 g/mol. The van der Waals surface area contributed by atoms with E-state index in [1.54, 1.807) is 11.0 Å². The number of amides is 1. The first-order valence-electron chi connectivity index (χ1n) is 7.02. The molecule has 0 aromatic carbocycles. The molecule has 1 heterocycles. The molecule has 0 aliphatic heterocycles. The molecule has 0 spiro atoms. The minimum absolute atomic E-state index is 0.130. The van der Waals surface area contributed by atoms with Gasteiger partial charge in [-0.3, -0.25) is 4.79 Å². The number of hydrogen-bond donors (Lipinski definition) is 1. The summed E-state index contributed by atoms with van der Waals surface area (Å²) < 4.78 is 0. The van der Waals surface area contributed by atoms with Crippen LogP contribution in [0.3, 0.4) is 0 Å². The molecular weight excluding hydrogens is 252 g/mol. The number of carbonyl (C=O) groups is 1. The van der Waals surface area contributed by atoms with Crippen LogP contribution >= 0.6 is 0 Å². The summed E-state index contributed by atoms with van der Waals surface area (Å²) in [6.45, 7) is 7.61. The fourth-order valence-electron chi connectivity index (χ4n) is 1.79. The van der Waals surface area contributed by atoms with Gasteiger partial charge in [0.1, 0.15) is 11.5 Å². The lowest BCUT2D eigenvalue weighted by Crippen LogP contribution is -2.34. The van der Waals surface area contributed by atoms with Crippen LogP contribution in [-0.4, -0.2) is 35.4 Å². The van der Waals surface area contributed by atoms with Crippen LogP contribution in [0.15, 0.2) is 18.2 Å². The Morgan fingerprint density at radius 3 is 2.85 bits per heavy atom. The van der Waals surface area contributed by atoms with Crippen LogP contribution in [-0.2, 0) is 0 Å². The highest BCUT2D eigenvalue weighted by atomic mass is 16.2. The lowest BCUT2D eigenvalue weighted by atomic mass is 10.2. The minimum atomic E-state index is -0.180. The third-order valence-electron chi connectivity index (χ3n) is 2.91. The van der Waals surface area contributed by atoms with Crippen molar-refractivity contribution in [2.24, 2.45) is 5.92 Å². The van der Waals surface area contributed by atoms with E-state index in [4.69, 9.17) is 5.26 Å². The van der Waals surface area contributed by atoms with Gasteiger partial charge in [-0.25, -0.2) is 4.98 Å². The summed E-state index contributed by atoms with van der Waals surface area (Å²) in [5.41, 5.74) is 0.415. The summed E-state index contributed by atoms with van der Waals surface area (Å²) in [6.07, 6.45) is 1.00. The maximum Gasteiger partial charge on any atom is 0.272 e. The molecule has 20 heavy (non-hydrogen) atoms. The van der Waals surface area contributed by atoms with Gasteiger partial charge in [0.15, 0.2) is 0 Å². The van der Waals surface area contributed by atoms with Crippen LogP contribution in [0.5, 0.6) is 0 Å². The Morgan fingerprint density at radius 1 is 1.50 bits per heavy atom. The van der Waals surface area contributed by atoms with E-state index < -0.39 is 0 Å². The molecule has 0 radical (unpaired) electrons. The zero-order valence-electron chi connectivity index (χ0n) is 12.4. The lowest BCUT2D eigenvalue weighted by Gasteiger charge is -2.21. The van der Waals surface area contributed by atoms with Gasteiger partial charge in [0, 0.05) is 19.6 Å². The summed E-state index contributed by atoms with van der Waals surface area (Å²) in [4.78, 5) is 18.4. The molecule has 1 aromatic rings. The maximum absolute atomic E-state index is 12.4. The molecule has 1 rings (SSSR count). The number of hydrogen-bond acceptors (Lipinski definition) is 4. The predicted octanol–water partition coefficient (Wildman–Crippen LogP) is 2.53. The molecule has 1 aromatic heterocycles. The van der Waals surface area contributed by atoms with Crippen molar-refractivity contribution < 1.29 is 4.79 Å². The second kappa shape index (κ2) is 8.16. The lowest BCUT2D eigenvalue weighted by molar-refractivity contribution is 0.0747. The van der Waals surface area contributed by atoms with E-state index in [1.807, 2.05) is 26.0 Å². The monoisotopic (exact) mass is 274 g/mol. The predicted molar refractivity (Wildman–Crippen MR) is 79.4 cm³/mol. The zero-order chi connectivity index (χ0) is 15.0. The molecule has 5 nitrogen and oxygen atoms in total. The Balaban J connectivity index is 2.81. The summed E-state index contributed by atoms with van der Waals surface area (Å²) in [5, 5.41) is 12.0. The topological polar surface area (TPSA) is 69.0 Å². The first kappa shape index (κ1) is 16.0. The van der Waals surface area contributed by atoms with E-state index in [-0.39, 0.29) is 11.8 Å². The van der Waals surface area contributed by atoms with Gasteiger partial charge in [0.05, 0.1) is 12.0 Å². The van der Waals surface area contributed by atoms with E-state index in [9.17, 15) is 4.79 Å². The van der Waals surface area contributed by atoms with Crippen LogP contribution in [0.25, 0.3) is 0 Å². The first-order chi connectivity index (χ1) is 9.62. The van der Waals surface area contributed by atoms with Crippen molar-refractivity contribution in [2.75, 3.05) is 25.0 Å². The number of nitriles is 1. The highest BCUT2D eigenvalue weighted by Crippen LogP contribution is 2.09. The molecule has 1 N–H and O–H groups in total. The van der Waals surface area contributed by atoms with Crippen LogP contribution in [0.4, 0.5) is 5.82 Å². The molecule has 1 atom stereocenters. The number of nitrogens with one attached hydrogen (secondary N) is 1. The van der Waals surface area contributed by atoms with Crippen molar-refractivity contribution >= 4 is 11.7 Å². The number of carbonyl (C=O) groups excluding carboxylic acids is 1. The SMILES string of the molecule is CCCNc1cccc(C(=O)N(CC)CC(C)C#N)n1. The molecule has 0 fully saturated rings. The Morgan fingerprint density at radius 2 is 2.25 bits per heavy atom. The van der Waals surface area contributed by atoms with Gasteiger partial charge < -0.3 is 10.2 Å². The van der Waals surface area contributed by atoms with Gasteiger partial charge in [-0.1, -0.05) is 13.0 Å². The van der Waals surface area contributed by atoms with Crippen LogP contribution in [0.2, 0.25) is 0 Å². The highest BCUT2D eigenvalue weighted by molar-refractivity contribution is 5.92. The molecule has 0 bridgehead atoms. The van der Waals surface area contributed by atoms with E-state index in [0.29, 0.717) is 24.6 Å². The molecule has 1 unspecified atom stereocenters. The maximum atomic E-state index is 12.4. The zero-order valence-corrected chi connectivity index (χ0v) is 12.4.